The average Bonchev–Trinajstić information content (AvgIpc) is 2.00. The summed E-state index contributed by atoms with van der Waals surface area (Å²) in [7, 11) is -3.36. The van der Waals surface area contributed by atoms with E-state index in [9.17, 15) is 13.2 Å². The Bertz CT molecular complexity index is 522. The van der Waals surface area contributed by atoms with Gasteiger partial charge >= 0.3 is 0 Å². The van der Waals surface area contributed by atoms with Crippen molar-refractivity contribution in [2.24, 2.45) is 0 Å². The van der Waals surface area contributed by atoms with E-state index in [1.54, 1.807) is 13.0 Å². The second kappa shape index (κ2) is 4.23. The second-order valence-corrected chi connectivity index (χ2v) is 6.33. The van der Waals surface area contributed by atoms with Crippen LogP contribution in [0.5, 0.6) is 0 Å². The molecule has 0 radical (unpaired) electrons. The third-order valence-electron chi connectivity index (χ3n) is 1.89. The van der Waals surface area contributed by atoms with Crippen molar-refractivity contribution >= 4 is 42.6 Å². The number of hydrogen-bond acceptors (Lipinski definition) is 3. The number of benzene rings is 1. The van der Waals surface area contributed by atoms with Crippen molar-refractivity contribution in [3.8, 4) is 0 Å². The zero-order valence-electron chi connectivity index (χ0n) is 8.04. The highest BCUT2D eigenvalue weighted by atomic mass is 79.9. The molecule has 1 aromatic rings. The van der Waals surface area contributed by atoms with E-state index in [1.165, 1.54) is 6.07 Å². The summed E-state index contributed by atoms with van der Waals surface area (Å²) >= 11 is 8.47. The summed E-state index contributed by atoms with van der Waals surface area (Å²) in [5.41, 5.74) is 0.842. The van der Waals surface area contributed by atoms with Crippen molar-refractivity contribution in [3.63, 3.8) is 0 Å². The first kappa shape index (κ1) is 12.7. The second-order valence-electron chi connectivity index (χ2n) is 3.14. The number of carbonyl (C=O) groups is 1. The number of hydrogen-bond donors (Lipinski definition) is 0. The molecule has 0 saturated heterocycles. The molecule has 82 valence electrons. The number of sulfone groups is 1. The first-order valence-electron chi connectivity index (χ1n) is 3.93. The lowest BCUT2D eigenvalue weighted by Crippen LogP contribution is -2.02. The quantitative estimate of drug-likeness (QED) is 0.789. The lowest BCUT2D eigenvalue weighted by atomic mass is 10.1. The Kier molecular flexibility index (Phi) is 3.58. The topological polar surface area (TPSA) is 51.2 Å². The first-order chi connectivity index (χ1) is 6.73. The van der Waals surface area contributed by atoms with Crippen LogP contribution >= 0.6 is 27.5 Å². The van der Waals surface area contributed by atoms with Crippen LogP contribution in [0.4, 0.5) is 0 Å². The minimum atomic E-state index is -3.36. The number of aryl methyl sites for hydroxylation is 1. The summed E-state index contributed by atoms with van der Waals surface area (Å²) in [4.78, 5) is 11.1. The normalized spacial score (nSPS) is 11.5. The molecule has 0 aliphatic rings. The van der Waals surface area contributed by atoms with E-state index in [1.807, 2.05) is 0 Å². The van der Waals surface area contributed by atoms with Gasteiger partial charge in [0.15, 0.2) is 9.84 Å². The van der Waals surface area contributed by atoms with Gasteiger partial charge in [-0.05, 0) is 52.2 Å². The van der Waals surface area contributed by atoms with Crippen LogP contribution in [0.15, 0.2) is 21.5 Å². The van der Waals surface area contributed by atoms with E-state index in [0.717, 1.165) is 6.26 Å². The molecule has 15 heavy (non-hydrogen) atoms. The molecule has 0 heterocycles. The molecule has 3 nitrogen and oxygen atoms in total. The lowest BCUT2D eigenvalue weighted by molar-refractivity contribution is 0.108. The van der Waals surface area contributed by atoms with Gasteiger partial charge in [0.25, 0.3) is 5.24 Å². The maximum Gasteiger partial charge on any atom is 0.252 e. The Hall–Kier alpha value is -0.390. The summed E-state index contributed by atoms with van der Waals surface area (Å²) in [6, 6.07) is 2.84. The zero-order valence-corrected chi connectivity index (χ0v) is 11.2. The van der Waals surface area contributed by atoms with E-state index in [-0.39, 0.29) is 10.5 Å². The van der Waals surface area contributed by atoms with E-state index < -0.39 is 15.1 Å². The summed E-state index contributed by atoms with van der Waals surface area (Å²) in [6.07, 6.45) is 1.07. The molecule has 0 aliphatic carbocycles. The minimum absolute atomic E-state index is 0.0668. The van der Waals surface area contributed by atoms with Crippen molar-refractivity contribution < 1.29 is 13.2 Å². The van der Waals surface area contributed by atoms with Gasteiger partial charge in [0.2, 0.25) is 0 Å². The maximum absolute atomic E-state index is 11.4. The molecule has 0 saturated carbocycles. The predicted molar refractivity (Wildman–Crippen MR) is 62.2 cm³/mol. The molecule has 1 rings (SSSR count). The van der Waals surface area contributed by atoms with E-state index in [2.05, 4.69) is 15.9 Å². The minimum Gasteiger partial charge on any atom is -0.276 e. The largest absolute Gasteiger partial charge is 0.276 e. The third-order valence-corrected chi connectivity index (χ3v) is 4.15. The fourth-order valence-electron chi connectivity index (χ4n) is 1.15. The number of carbonyl (C=O) groups excluding carboxylic acids is 1. The van der Waals surface area contributed by atoms with Crippen LogP contribution in [0.3, 0.4) is 0 Å². The van der Waals surface area contributed by atoms with E-state index >= 15 is 0 Å². The van der Waals surface area contributed by atoms with Crippen LogP contribution in [0, 0.1) is 6.92 Å². The molecule has 0 aromatic heterocycles. The van der Waals surface area contributed by atoms with Gasteiger partial charge in [0, 0.05) is 16.3 Å². The van der Waals surface area contributed by atoms with E-state index in [4.69, 9.17) is 11.6 Å². The van der Waals surface area contributed by atoms with Crippen LogP contribution in [-0.4, -0.2) is 19.9 Å². The van der Waals surface area contributed by atoms with Gasteiger partial charge in [-0.15, -0.1) is 0 Å². The molecule has 0 aliphatic heterocycles. The predicted octanol–water partition coefficient (Wildman–Crippen LogP) is 2.54. The van der Waals surface area contributed by atoms with Crippen LogP contribution < -0.4 is 0 Å². The van der Waals surface area contributed by atoms with Gasteiger partial charge in [-0.3, -0.25) is 4.79 Å². The highest BCUT2D eigenvalue weighted by Crippen LogP contribution is 2.26. The Balaban J connectivity index is 3.58. The Morgan fingerprint density at radius 1 is 1.40 bits per heavy atom. The Morgan fingerprint density at radius 2 is 1.93 bits per heavy atom. The molecule has 0 fully saturated rings. The average molecular weight is 312 g/mol. The van der Waals surface area contributed by atoms with Gasteiger partial charge < -0.3 is 0 Å². The fraction of sp³-hybridized carbons (Fsp3) is 0.222. The van der Waals surface area contributed by atoms with Gasteiger partial charge in [0.1, 0.15) is 0 Å². The molecular weight excluding hydrogens is 304 g/mol. The van der Waals surface area contributed by atoms with E-state index in [0.29, 0.717) is 10.0 Å². The molecule has 0 amide bonds. The summed E-state index contributed by atoms with van der Waals surface area (Å²) in [6.45, 7) is 1.69. The first-order valence-corrected chi connectivity index (χ1v) is 6.99. The van der Waals surface area contributed by atoms with Gasteiger partial charge in [-0.1, -0.05) is 0 Å². The maximum atomic E-state index is 11.4. The molecule has 0 bridgehead atoms. The Labute approximate surface area is 101 Å². The molecule has 0 spiro atoms. The van der Waals surface area contributed by atoms with Crippen molar-refractivity contribution in [3.05, 3.63) is 27.7 Å². The highest BCUT2D eigenvalue weighted by Gasteiger charge is 2.16. The van der Waals surface area contributed by atoms with Crippen LogP contribution in [0.1, 0.15) is 15.9 Å². The molecular formula is C9H8BrClO3S. The van der Waals surface area contributed by atoms with Crippen LogP contribution in [0.25, 0.3) is 0 Å². The standard InChI is InChI=1S/C9H8BrClO3S/c1-5-3-7(10)8(15(2,13)14)4-6(5)9(11)12/h3-4H,1-2H3. The number of rotatable bonds is 2. The fourth-order valence-corrected chi connectivity index (χ4v) is 3.44. The van der Waals surface area contributed by atoms with Crippen molar-refractivity contribution in [2.45, 2.75) is 11.8 Å². The smallest absolute Gasteiger partial charge is 0.252 e. The SMILES string of the molecule is Cc1cc(Br)c(S(C)(=O)=O)cc1C(=O)Cl. The summed E-state index contributed by atoms with van der Waals surface area (Å²) < 4.78 is 23.1. The molecule has 0 N–H and O–H groups in total. The molecule has 1 aromatic carbocycles. The van der Waals surface area contributed by atoms with Crippen LogP contribution in [0.2, 0.25) is 0 Å². The van der Waals surface area contributed by atoms with Gasteiger partial charge in [-0.25, -0.2) is 8.42 Å². The summed E-state index contributed by atoms with van der Waals surface area (Å²) in [5, 5.41) is -0.662. The highest BCUT2D eigenvalue weighted by molar-refractivity contribution is 9.10. The molecule has 0 unspecified atom stereocenters. The van der Waals surface area contributed by atoms with Crippen molar-refractivity contribution in [1.29, 1.82) is 0 Å². The van der Waals surface area contributed by atoms with Gasteiger partial charge in [0.05, 0.1) is 4.90 Å². The number of halogens is 2. The molecule has 6 heteroatoms. The lowest BCUT2D eigenvalue weighted by Gasteiger charge is -2.06. The molecule has 0 atom stereocenters. The summed E-state index contributed by atoms with van der Waals surface area (Å²) in [5.74, 6) is 0. The Morgan fingerprint density at radius 3 is 2.33 bits per heavy atom. The van der Waals surface area contributed by atoms with Crippen molar-refractivity contribution in [2.75, 3.05) is 6.26 Å². The third kappa shape index (κ3) is 2.80. The van der Waals surface area contributed by atoms with Crippen molar-refractivity contribution in [1.82, 2.24) is 0 Å². The van der Waals surface area contributed by atoms with Gasteiger partial charge in [-0.2, -0.15) is 0 Å². The van der Waals surface area contributed by atoms with Crippen LogP contribution in [-0.2, 0) is 9.84 Å². The monoisotopic (exact) mass is 310 g/mol. The zero-order chi connectivity index (χ0) is 11.8.